The normalized spacial score (nSPS) is 12.5. The lowest BCUT2D eigenvalue weighted by atomic mass is 10.1. The number of aliphatic carboxylic acids is 1. The minimum atomic E-state index is -1.10. The summed E-state index contributed by atoms with van der Waals surface area (Å²) in [7, 11) is 0. The third-order valence-corrected chi connectivity index (χ3v) is 1.21. The minimum absolute atomic E-state index is 0.302. The second kappa shape index (κ2) is 3.81. The smallest absolute Gasteiger partial charge is 0.313 e. The molecule has 0 aliphatic rings. The van der Waals surface area contributed by atoms with Gasteiger partial charge in [0.2, 0.25) is 6.54 Å². The molecule has 0 bridgehead atoms. The van der Waals surface area contributed by atoms with Crippen molar-refractivity contribution < 1.29 is 14.8 Å². The van der Waals surface area contributed by atoms with Gasteiger partial charge in [-0.15, -0.1) is 0 Å². The van der Waals surface area contributed by atoms with E-state index in [-0.39, 0.29) is 0 Å². The molecular weight excluding hydrogens is 138 g/mol. The van der Waals surface area contributed by atoms with Crippen LogP contribution in [0.5, 0.6) is 0 Å². The first kappa shape index (κ1) is 8.87. The number of hydrogen-bond donors (Lipinski definition) is 1. The second-order valence-corrected chi connectivity index (χ2v) is 1.96. The summed E-state index contributed by atoms with van der Waals surface area (Å²) in [6.45, 7) is 1.13. The van der Waals surface area contributed by atoms with Gasteiger partial charge in [-0.3, -0.25) is 14.9 Å². The van der Waals surface area contributed by atoms with Crippen molar-refractivity contribution >= 4 is 5.97 Å². The van der Waals surface area contributed by atoms with Crippen molar-refractivity contribution in [1.29, 1.82) is 0 Å². The Kier molecular flexibility index (Phi) is 3.38. The summed E-state index contributed by atoms with van der Waals surface area (Å²) < 4.78 is 0. The summed E-state index contributed by atoms with van der Waals surface area (Å²) >= 11 is 0. The van der Waals surface area contributed by atoms with Crippen molar-refractivity contribution in [1.82, 2.24) is 0 Å². The second-order valence-electron chi connectivity index (χ2n) is 1.96. The first-order valence-electron chi connectivity index (χ1n) is 2.92. The van der Waals surface area contributed by atoms with Crippen molar-refractivity contribution in [2.24, 2.45) is 5.92 Å². The lowest BCUT2D eigenvalue weighted by molar-refractivity contribution is -0.486. The van der Waals surface area contributed by atoms with E-state index in [1.165, 1.54) is 0 Å². The van der Waals surface area contributed by atoms with E-state index in [0.717, 1.165) is 0 Å². The molecule has 0 aliphatic heterocycles. The summed E-state index contributed by atoms with van der Waals surface area (Å²) in [6.07, 6.45) is 0.302. The number of hydrogen-bond acceptors (Lipinski definition) is 3. The van der Waals surface area contributed by atoms with Crippen LogP contribution in [-0.2, 0) is 4.79 Å². The fourth-order valence-corrected chi connectivity index (χ4v) is 0.562. The van der Waals surface area contributed by atoms with Crippen LogP contribution in [0.25, 0.3) is 0 Å². The van der Waals surface area contributed by atoms with E-state index in [0.29, 0.717) is 6.42 Å². The van der Waals surface area contributed by atoms with Crippen LogP contribution in [0.2, 0.25) is 0 Å². The van der Waals surface area contributed by atoms with E-state index in [1.54, 1.807) is 6.92 Å². The molecule has 0 aromatic rings. The van der Waals surface area contributed by atoms with Gasteiger partial charge in [0.05, 0.1) is 0 Å². The predicted molar refractivity (Wildman–Crippen MR) is 33.3 cm³/mol. The number of carbonyl (C=O) groups is 1. The fourth-order valence-electron chi connectivity index (χ4n) is 0.562. The van der Waals surface area contributed by atoms with Gasteiger partial charge in [-0.2, -0.15) is 0 Å². The van der Waals surface area contributed by atoms with E-state index in [1.807, 2.05) is 0 Å². The van der Waals surface area contributed by atoms with Crippen LogP contribution in [0, 0.1) is 16.0 Å². The molecule has 0 saturated heterocycles. The Morgan fingerprint density at radius 1 is 1.80 bits per heavy atom. The van der Waals surface area contributed by atoms with Crippen molar-refractivity contribution in [2.45, 2.75) is 13.3 Å². The third kappa shape index (κ3) is 3.01. The Labute approximate surface area is 57.8 Å². The minimum Gasteiger partial charge on any atom is -0.481 e. The molecule has 0 spiro atoms. The topological polar surface area (TPSA) is 80.4 Å². The van der Waals surface area contributed by atoms with Crippen molar-refractivity contribution in [3.05, 3.63) is 10.1 Å². The van der Waals surface area contributed by atoms with Gasteiger partial charge in [-0.25, -0.2) is 0 Å². The summed E-state index contributed by atoms with van der Waals surface area (Å²) in [4.78, 5) is 19.4. The molecule has 1 unspecified atom stereocenters. The molecule has 0 amide bonds. The van der Waals surface area contributed by atoms with Crippen LogP contribution in [0.1, 0.15) is 13.3 Å². The molecule has 0 radical (unpaired) electrons. The molecule has 0 saturated carbocycles. The Morgan fingerprint density at radius 2 is 2.30 bits per heavy atom. The van der Waals surface area contributed by atoms with E-state index in [2.05, 4.69) is 0 Å². The molecule has 0 heterocycles. The Bertz CT molecular complexity index is 145. The standard InChI is InChI=1S/C5H9NO4/c1-2-4(5(7)8)3-6(9)10/h4H,2-3H2,1H3,(H,7,8). The van der Waals surface area contributed by atoms with Gasteiger partial charge in [-0.05, 0) is 6.42 Å². The van der Waals surface area contributed by atoms with Crippen molar-refractivity contribution in [3.63, 3.8) is 0 Å². The molecule has 0 rings (SSSR count). The summed E-state index contributed by atoms with van der Waals surface area (Å²) in [6, 6.07) is 0. The van der Waals surface area contributed by atoms with Crippen LogP contribution in [0.15, 0.2) is 0 Å². The summed E-state index contributed by atoms with van der Waals surface area (Å²) in [5.74, 6) is -1.94. The quantitative estimate of drug-likeness (QED) is 0.460. The lowest BCUT2D eigenvalue weighted by Crippen LogP contribution is -2.21. The predicted octanol–water partition coefficient (Wildman–Crippen LogP) is 0.374. The van der Waals surface area contributed by atoms with Gasteiger partial charge in [0.25, 0.3) is 0 Å². The van der Waals surface area contributed by atoms with Crippen LogP contribution in [0.4, 0.5) is 0 Å². The van der Waals surface area contributed by atoms with Crippen LogP contribution < -0.4 is 0 Å². The Balaban J connectivity index is 3.83. The largest absolute Gasteiger partial charge is 0.481 e. The molecule has 58 valence electrons. The van der Waals surface area contributed by atoms with E-state index in [4.69, 9.17) is 5.11 Å². The van der Waals surface area contributed by atoms with Crippen LogP contribution in [-0.4, -0.2) is 22.5 Å². The molecule has 0 fully saturated rings. The highest BCUT2D eigenvalue weighted by molar-refractivity contribution is 5.69. The van der Waals surface area contributed by atoms with Crippen LogP contribution >= 0.6 is 0 Å². The fraction of sp³-hybridized carbons (Fsp3) is 0.800. The number of carboxylic acids is 1. The van der Waals surface area contributed by atoms with E-state index in [9.17, 15) is 14.9 Å². The maximum atomic E-state index is 10.2. The van der Waals surface area contributed by atoms with E-state index >= 15 is 0 Å². The van der Waals surface area contributed by atoms with E-state index < -0.39 is 23.4 Å². The van der Waals surface area contributed by atoms with Crippen molar-refractivity contribution in [2.75, 3.05) is 6.54 Å². The summed E-state index contributed by atoms with van der Waals surface area (Å²) in [5.41, 5.74) is 0. The monoisotopic (exact) mass is 147 g/mol. The maximum absolute atomic E-state index is 10.2. The molecule has 5 heteroatoms. The van der Waals surface area contributed by atoms with Gasteiger partial charge in [0.1, 0.15) is 5.92 Å². The maximum Gasteiger partial charge on any atom is 0.313 e. The molecule has 1 atom stereocenters. The van der Waals surface area contributed by atoms with Gasteiger partial charge in [-0.1, -0.05) is 6.92 Å². The molecule has 5 nitrogen and oxygen atoms in total. The Hall–Kier alpha value is -1.13. The first-order chi connectivity index (χ1) is 4.57. The Morgan fingerprint density at radius 3 is 2.40 bits per heavy atom. The van der Waals surface area contributed by atoms with Crippen molar-refractivity contribution in [3.8, 4) is 0 Å². The number of nitrogens with zero attached hydrogens (tertiary/aromatic N) is 1. The number of carboxylic acid groups (broad SMARTS) is 1. The van der Waals surface area contributed by atoms with Gasteiger partial charge in [0.15, 0.2) is 0 Å². The molecule has 0 aromatic carbocycles. The number of nitro groups is 1. The third-order valence-electron chi connectivity index (χ3n) is 1.21. The zero-order valence-corrected chi connectivity index (χ0v) is 5.61. The number of rotatable bonds is 4. The summed E-state index contributed by atoms with van der Waals surface area (Å²) in [5, 5.41) is 18.1. The highest BCUT2D eigenvalue weighted by Gasteiger charge is 2.20. The molecule has 10 heavy (non-hydrogen) atoms. The zero-order chi connectivity index (χ0) is 8.15. The molecule has 1 N–H and O–H groups in total. The molecule has 0 aliphatic carbocycles. The van der Waals surface area contributed by atoms with Gasteiger partial charge < -0.3 is 5.11 Å². The van der Waals surface area contributed by atoms with Gasteiger partial charge in [0, 0.05) is 4.92 Å². The average molecular weight is 147 g/mol. The first-order valence-corrected chi connectivity index (χ1v) is 2.92. The average Bonchev–Trinajstić information content (AvgIpc) is 1.81. The lowest BCUT2D eigenvalue weighted by Gasteiger charge is -2.01. The zero-order valence-electron chi connectivity index (χ0n) is 5.61. The van der Waals surface area contributed by atoms with Gasteiger partial charge >= 0.3 is 5.97 Å². The molecule has 0 aromatic heterocycles. The highest BCUT2D eigenvalue weighted by Crippen LogP contribution is 2.01. The molecular formula is C5H9NO4. The van der Waals surface area contributed by atoms with Crippen LogP contribution in [0.3, 0.4) is 0 Å². The highest BCUT2D eigenvalue weighted by atomic mass is 16.6. The SMILES string of the molecule is CCC(C[N+](=O)[O-])C(=O)O.